The van der Waals surface area contributed by atoms with Gasteiger partial charge in [0.2, 0.25) is 5.91 Å². The van der Waals surface area contributed by atoms with Gasteiger partial charge in [0, 0.05) is 18.2 Å². The molecule has 0 fully saturated rings. The molecule has 3 rings (SSSR count). The van der Waals surface area contributed by atoms with E-state index in [1.165, 1.54) is 18.2 Å². The topological polar surface area (TPSA) is 64.0 Å². The second kappa shape index (κ2) is 7.95. The maximum Gasteiger partial charge on any atom is 0.267 e. The third-order valence-electron chi connectivity index (χ3n) is 4.30. The van der Waals surface area contributed by atoms with Crippen molar-refractivity contribution in [1.82, 2.24) is 15.1 Å². The van der Waals surface area contributed by atoms with E-state index in [4.69, 9.17) is 0 Å². The van der Waals surface area contributed by atoms with Gasteiger partial charge in [-0.1, -0.05) is 29.8 Å². The summed E-state index contributed by atoms with van der Waals surface area (Å²) in [5.41, 5.74) is 2.90. The molecule has 1 heterocycles. The van der Waals surface area contributed by atoms with Gasteiger partial charge in [-0.05, 0) is 49.7 Å². The highest BCUT2D eigenvalue weighted by atomic mass is 19.1. The number of carbonyl (C=O) groups excluding carboxylic acids is 1. The second-order valence-electron chi connectivity index (χ2n) is 6.39. The molecule has 3 aromatic rings. The van der Waals surface area contributed by atoms with Gasteiger partial charge < -0.3 is 5.32 Å². The van der Waals surface area contributed by atoms with Crippen LogP contribution in [0.2, 0.25) is 0 Å². The maximum absolute atomic E-state index is 13.1. The lowest BCUT2D eigenvalue weighted by Crippen LogP contribution is -2.36. The van der Waals surface area contributed by atoms with Crippen molar-refractivity contribution in [3.63, 3.8) is 0 Å². The SMILES string of the molecule is Cc1ccc(CNC(=O)C(C)n2nc(-c3ccc(F)cc3)ccc2=O)cc1. The van der Waals surface area contributed by atoms with E-state index in [0.717, 1.165) is 15.8 Å². The van der Waals surface area contributed by atoms with E-state index in [0.29, 0.717) is 17.8 Å². The Labute approximate surface area is 156 Å². The molecule has 27 heavy (non-hydrogen) atoms. The molecule has 1 N–H and O–H groups in total. The van der Waals surface area contributed by atoms with E-state index in [1.54, 1.807) is 25.1 Å². The first-order chi connectivity index (χ1) is 12.9. The average Bonchev–Trinajstić information content (AvgIpc) is 2.68. The van der Waals surface area contributed by atoms with Crippen LogP contribution in [0.5, 0.6) is 0 Å². The fourth-order valence-electron chi connectivity index (χ4n) is 2.63. The van der Waals surface area contributed by atoms with Crippen molar-refractivity contribution in [2.24, 2.45) is 0 Å². The zero-order valence-corrected chi connectivity index (χ0v) is 15.1. The fourth-order valence-corrected chi connectivity index (χ4v) is 2.63. The summed E-state index contributed by atoms with van der Waals surface area (Å²) < 4.78 is 14.2. The van der Waals surface area contributed by atoms with Crippen molar-refractivity contribution >= 4 is 5.91 Å². The van der Waals surface area contributed by atoms with Gasteiger partial charge >= 0.3 is 0 Å². The standard InChI is InChI=1S/C21H20FN3O2/c1-14-3-5-16(6-4-14)13-23-21(27)15(2)25-20(26)12-11-19(24-25)17-7-9-18(22)10-8-17/h3-12,15H,13H2,1-2H3,(H,23,27). The Morgan fingerprint density at radius 1 is 1.07 bits per heavy atom. The summed E-state index contributed by atoms with van der Waals surface area (Å²) in [6, 6.07) is 15.8. The predicted molar refractivity (Wildman–Crippen MR) is 102 cm³/mol. The molecule has 6 heteroatoms. The molecule has 0 spiro atoms. The Morgan fingerprint density at radius 2 is 1.74 bits per heavy atom. The third kappa shape index (κ3) is 4.47. The molecule has 1 unspecified atom stereocenters. The highest BCUT2D eigenvalue weighted by Crippen LogP contribution is 2.16. The number of nitrogens with zero attached hydrogens (tertiary/aromatic N) is 2. The van der Waals surface area contributed by atoms with Crippen LogP contribution >= 0.6 is 0 Å². The van der Waals surface area contributed by atoms with Crippen LogP contribution in [0.1, 0.15) is 24.1 Å². The lowest BCUT2D eigenvalue weighted by molar-refractivity contribution is -0.124. The Kier molecular flexibility index (Phi) is 5.45. The molecule has 1 amide bonds. The maximum atomic E-state index is 13.1. The van der Waals surface area contributed by atoms with E-state index in [1.807, 2.05) is 31.2 Å². The first-order valence-electron chi connectivity index (χ1n) is 8.63. The smallest absolute Gasteiger partial charge is 0.267 e. The minimum absolute atomic E-state index is 0.304. The van der Waals surface area contributed by atoms with Gasteiger partial charge in [0.05, 0.1) is 5.69 Å². The number of amides is 1. The van der Waals surface area contributed by atoms with Gasteiger partial charge in [0.25, 0.3) is 5.56 Å². The minimum Gasteiger partial charge on any atom is -0.350 e. The number of rotatable bonds is 5. The van der Waals surface area contributed by atoms with E-state index in [9.17, 15) is 14.0 Å². The lowest BCUT2D eigenvalue weighted by Gasteiger charge is -2.15. The normalized spacial score (nSPS) is 11.8. The summed E-state index contributed by atoms with van der Waals surface area (Å²) in [6.07, 6.45) is 0. The van der Waals surface area contributed by atoms with Crippen LogP contribution in [0, 0.1) is 12.7 Å². The van der Waals surface area contributed by atoms with Gasteiger partial charge in [-0.2, -0.15) is 5.10 Å². The number of hydrogen-bond acceptors (Lipinski definition) is 3. The first kappa shape index (κ1) is 18.5. The molecule has 0 saturated heterocycles. The molecular weight excluding hydrogens is 345 g/mol. The number of benzene rings is 2. The summed E-state index contributed by atoms with van der Waals surface area (Å²) in [4.78, 5) is 24.6. The van der Waals surface area contributed by atoms with Crippen LogP contribution in [0.25, 0.3) is 11.3 Å². The molecule has 1 aromatic heterocycles. The third-order valence-corrected chi connectivity index (χ3v) is 4.30. The van der Waals surface area contributed by atoms with Gasteiger partial charge in [0.1, 0.15) is 11.9 Å². The zero-order valence-electron chi connectivity index (χ0n) is 15.1. The van der Waals surface area contributed by atoms with Gasteiger partial charge in [-0.25, -0.2) is 9.07 Å². The zero-order chi connectivity index (χ0) is 19.4. The summed E-state index contributed by atoms with van der Waals surface area (Å²) >= 11 is 0. The van der Waals surface area contributed by atoms with Crippen molar-refractivity contribution in [1.29, 1.82) is 0 Å². The van der Waals surface area contributed by atoms with Crippen molar-refractivity contribution in [2.75, 3.05) is 0 Å². The Morgan fingerprint density at radius 3 is 2.41 bits per heavy atom. The van der Waals surface area contributed by atoms with Crippen LogP contribution in [0.15, 0.2) is 65.5 Å². The van der Waals surface area contributed by atoms with Crippen LogP contribution < -0.4 is 10.9 Å². The first-order valence-corrected chi connectivity index (χ1v) is 8.63. The van der Waals surface area contributed by atoms with E-state index < -0.39 is 6.04 Å². The molecule has 0 aliphatic rings. The highest BCUT2D eigenvalue weighted by Gasteiger charge is 2.17. The summed E-state index contributed by atoms with van der Waals surface area (Å²) in [5.74, 6) is -0.655. The van der Waals surface area contributed by atoms with Crippen LogP contribution in [-0.2, 0) is 11.3 Å². The molecule has 138 valence electrons. The molecule has 0 aliphatic carbocycles. The second-order valence-corrected chi connectivity index (χ2v) is 6.39. The molecule has 1 atom stereocenters. The van der Waals surface area contributed by atoms with Crippen molar-refractivity contribution in [2.45, 2.75) is 26.4 Å². The Bertz CT molecular complexity index is 995. The predicted octanol–water partition coefficient (Wildman–Crippen LogP) is 3.24. The largest absolute Gasteiger partial charge is 0.350 e. The molecule has 0 bridgehead atoms. The van der Waals surface area contributed by atoms with Crippen LogP contribution in [0.4, 0.5) is 4.39 Å². The van der Waals surface area contributed by atoms with Crippen molar-refractivity contribution in [3.8, 4) is 11.3 Å². The molecule has 0 radical (unpaired) electrons. The molecule has 2 aromatic carbocycles. The summed E-state index contributed by atoms with van der Waals surface area (Å²) in [6.45, 7) is 3.99. The van der Waals surface area contributed by atoms with Crippen LogP contribution in [0.3, 0.4) is 0 Å². The summed E-state index contributed by atoms with van der Waals surface area (Å²) in [5, 5.41) is 7.10. The molecular formula is C21H20FN3O2. The van der Waals surface area contributed by atoms with Gasteiger partial charge in [-0.3, -0.25) is 9.59 Å². The van der Waals surface area contributed by atoms with E-state index >= 15 is 0 Å². The number of halogens is 1. The van der Waals surface area contributed by atoms with Crippen LogP contribution in [-0.4, -0.2) is 15.7 Å². The number of hydrogen-bond donors (Lipinski definition) is 1. The van der Waals surface area contributed by atoms with E-state index in [-0.39, 0.29) is 17.3 Å². The number of aromatic nitrogens is 2. The number of aryl methyl sites for hydroxylation is 1. The average molecular weight is 365 g/mol. The summed E-state index contributed by atoms with van der Waals surface area (Å²) in [7, 11) is 0. The number of nitrogens with one attached hydrogen (secondary N) is 1. The van der Waals surface area contributed by atoms with Gasteiger partial charge in [-0.15, -0.1) is 0 Å². The Hall–Kier alpha value is -3.28. The minimum atomic E-state index is -0.775. The van der Waals surface area contributed by atoms with Crippen molar-refractivity contribution in [3.05, 3.63) is 88.0 Å². The molecule has 5 nitrogen and oxygen atoms in total. The van der Waals surface area contributed by atoms with Crippen molar-refractivity contribution < 1.29 is 9.18 Å². The highest BCUT2D eigenvalue weighted by molar-refractivity contribution is 5.79. The van der Waals surface area contributed by atoms with Gasteiger partial charge in [0.15, 0.2) is 0 Å². The quantitative estimate of drug-likeness (QED) is 0.755. The Balaban J connectivity index is 1.76. The molecule has 0 aliphatic heterocycles. The monoisotopic (exact) mass is 365 g/mol. The number of carbonyl (C=O) groups is 1. The molecule has 0 saturated carbocycles. The van der Waals surface area contributed by atoms with E-state index in [2.05, 4.69) is 10.4 Å². The lowest BCUT2D eigenvalue weighted by atomic mass is 10.1. The fraction of sp³-hybridized carbons (Fsp3) is 0.190.